The van der Waals surface area contributed by atoms with Gasteiger partial charge in [-0.15, -0.1) is 23.5 Å². The van der Waals surface area contributed by atoms with Crippen molar-refractivity contribution in [3.8, 4) is 0 Å². The van der Waals surface area contributed by atoms with Gasteiger partial charge in [0.25, 0.3) is 0 Å². The lowest BCUT2D eigenvalue weighted by atomic mass is 10.2. The van der Waals surface area contributed by atoms with Crippen LogP contribution in [0.15, 0.2) is 48.5 Å². The Morgan fingerprint density at radius 2 is 1.17 bits per heavy atom. The monoisotopic (exact) mass is 448 g/mol. The molecule has 0 aliphatic carbocycles. The van der Waals surface area contributed by atoms with E-state index in [0.717, 1.165) is 11.1 Å². The van der Waals surface area contributed by atoms with Crippen LogP contribution in [-0.4, -0.2) is 45.2 Å². The van der Waals surface area contributed by atoms with E-state index in [2.05, 4.69) is 0 Å². The lowest BCUT2D eigenvalue weighted by Crippen LogP contribution is -2.40. The second kappa shape index (κ2) is 8.59. The number of thioether (sulfide) groups is 2. The Balaban J connectivity index is 1.55. The summed E-state index contributed by atoms with van der Waals surface area (Å²) in [5.74, 6) is -0.731. The van der Waals surface area contributed by atoms with Crippen LogP contribution in [0.2, 0.25) is 0 Å². The van der Waals surface area contributed by atoms with Crippen molar-refractivity contribution in [2.75, 3.05) is 13.1 Å². The average molecular weight is 449 g/mol. The fourth-order valence-corrected chi connectivity index (χ4v) is 6.45. The van der Waals surface area contributed by atoms with Crippen molar-refractivity contribution in [1.29, 1.82) is 0 Å². The van der Waals surface area contributed by atoms with E-state index in [0.29, 0.717) is 13.1 Å². The summed E-state index contributed by atoms with van der Waals surface area (Å²) < 4.78 is 27.5. The first-order valence-corrected chi connectivity index (χ1v) is 11.7. The Bertz CT molecular complexity index is 896. The van der Waals surface area contributed by atoms with E-state index in [1.807, 2.05) is 26.0 Å². The number of carbonyl (C=O) groups is 2. The van der Waals surface area contributed by atoms with Crippen molar-refractivity contribution in [2.45, 2.75) is 35.1 Å². The number of nitrogens with zero attached hydrogens (tertiary/aromatic N) is 2. The zero-order valence-corrected chi connectivity index (χ0v) is 18.3. The van der Waals surface area contributed by atoms with Crippen molar-refractivity contribution < 1.29 is 18.4 Å². The van der Waals surface area contributed by atoms with Crippen LogP contribution in [-0.2, 0) is 9.59 Å². The molecule has 2 amide bonds. The first-order chi connectivity index (χ1) is 14.3. The van der Waals surface area contributed by atoms with Crippen molar-refractivity contribution in [3.05, 3.63) is 71.3 Å². The molecule has 2 aliphatic rings. The molecule has 0 aromatic heterocycles. The fourth-order valence-electron chi connectivity index (χ4n) is 3.86. The first-order valence-electron chi connectivity index (χ1n) is 9.78. The lowest BCUT2D eigenvalue weighted by Gasteiger charge is -2.29. The van der Waals surface area contributed by atoms with E-state index in [1.54, 1.807) is 21.9 Å². The van der Waals surface area contributed by atoms with E-state index >= 15 is 0 Å². The van der Waals surface area contributed by atoms with E-state index in [1.165, 1.54) is 47.8 Å². The van der Waals surface area contributed by atoms with E-state index in [9.17, 15) is 18.4 Å². The molecule has 2 aliphatic heterocycles. The minimum Gasteiger partial charge on any atom is -0.324 e. The summed E-state index contributed by atoms with van der Waals surface area (Å²) in [7, 11) is 0. The number of halogens is 2. The van der Waals surface area contributed by atoms with Crippen LogP contribution in [0.1, 0.15) is 35.7 Å². The molecular weight excluding hydrogens is 426 g/mol. The molecule has 0 saturated carbocycles. The standard InChI is InChI=1S/C22H22F2N2O2S2/c1-13-19(27)25(21(29-13)15-5-3-7-17(23)11-15)9-10-26-20(28)14(2)30-22(26)16-6-4-8-18(24)12-16/h3-8,11-14,21-22H,9-10H2,1-2H3/t13-,14+,21-,22+. The third-order valence-electron chi connectivity index (χ3n) is 5.34. The van der Waals surface area contributed by atoms with Crippen molar-refractivity contribution in [2.24, 2.45) is 0 Å². The van der Waals surface area contributed by atoms with E-state index < -0.39 is 0 Å². The molecule has 2 heterocycles. The molecule has 30 heavy (non-hydrogen) atoms. The van der Waals surface area contributed by atoms with Crippen LogP contribution in [0.25, 0.3) is 0 Å². The smallest absolute Gasteiger partial charge is 0.236 e. The highest BCUT2D eigenvalue weighted by Gasteiger charge is 2.42. The number of amides is 2. The van der Waals surface area contributed by atoms with Gasteiger partial charge in [-0.05, 0) is 49.2 Å². The second-order valence-corrected chi connectivity index (χ2v) is 10.3. The molecule has 0 N–H and O–H groups in total. The number of carbonyl (C=O) groups excluding carboxylic acids is 2. The van der Waals surface area contributed by atoms with Gasteiger partial charge in [-0.3, -0.25) is 9.59 Å². The summed E-state index contributed by atoms with van der Waals surface area (Å²) in [6.45, 7) is 4.35. The first kappa shape index (κ1) is 21.2. The highest BCUT2D eigenvalue weighted by Crippen LogP contribution is 2.45. The SMILES string of the molecule is C[C@@H]1S[C@@H](c2cccc(F)c2)N(CCN2C(=O)[C@@H](C)S[C@@H]2c2cccc(F)c2)C1=O. The Kier molecular flexibility index (Phi) is 6.06. The third-order valence-corrected chi connectivity index (χ3v) is 8.13. The minimum absolute atomic E-state index is 0.0242. The summed E-state index contributed by atoms with van der Waals surface area (Å²) in [6.07, 6.45) is 0. The summed E-state index contributed by atoms with van der Waals surface area (Å²) in [4.78, 5) is 29.0. The highest BCUT2D eigenvalue weighted by atomic mass is 32.2. The van der Waals surface area contributed by atoms with Gasteiger partial charge in [0.2, 0.25) is 11.8 Å². The molecule has 2 fully saturated rings. The zero-order chi connectivity index (χ0) is 21.4. The van der Waals surface area contributed by atoms with E-state index in [-0.39, 0.29) is 44.7 Å². The van der Waals surface area contributed by atoms with Gasteiger partial charge < -0.3 is 9.80 Å². The van der Waals surface area contributed by atoms with Gasteiger partial charge in [0.1, 0.15) is 22.4 Å². The molecule has 8 heteroatoms. The van der Waals surface area contributed by atoms with Crippen molar-refractivity contribution in [1.82, 2.24) is 9.80 Å². The number of hydrogen-bond donors (Lipinski definition) is 0. The topological polar surface area (TPSA) is 40.6 Å². The van der Waals surface area contributed by atoms with Crippen LogP contribution >= 0.6 is 23.5 Å². The van der Waals surface area contributed by atoms with Gasteiger partial charge >= 0.3 is 0 Å². The Morgan fingerprint density at radius 1 is 0.767 bits per heavy atom. The maximum absolute atomic E-state index is 13.7. The molecule has 2 aromatic carbocycles. The van der Waals surface area contributed by atoms with Crippen LogP contribution < -0.4 is 0 Å². The molecule has 2 saturated heterocycles. The average Bonchev–Trinajstić information content (AvgIpc) is 3.16. The predicted molar refractivity (Wildman–Crippen MR) is 116 cm³/mol. The Morgan fingerprint density at radius 3 is 1.53 bits per heavy atom. The summed E-state index contributed by atoms with van der Waals surface area (Å²) >= 11 is 2.96. The summed E-state index contributed by atoms with van der Waals surface area (Å²) in [5, 5.41) is -1.06. The van der Waals surface area contributed by atoms with Gasteiger partial charge in [-0.25, -0.2) is 8.78 Å². The number of benzene rings is 2. The van der Waals surface area contributed by atoms with Crippen LogP contribution in [0.4, 0.5) is 8.78 Å². The maximum Gasteiger partial charge on any atom is 0.236 e. The molecule has 0 unspecified atom stereocenters. The highest BCUT2D eigenvalue weighted by molar-refractivity contribution is 8.01. The lowest BCUT2D eigenvalue weighted by molar-refractivity contribution is -0.133. The van der Waals surface area contributed by atoms with Crippen molar-refractivity contribution in [3.63, 3.8) is 0 Å². The van der Waals surface area contributed by atoms with Gasteiger partial charge in [0.05, 0.1) is 10.5 Å². The third kappa shape index (κ3) is 4.07. The van der Waals surface area contributed by atoms with Crippen molar-refractivity contribution >= 4 is 35.3 Å². The molecule has 4 rings (SSSR count). The zero-order valence-electron chi connectivity index (χ0n) is 16.6. The quantitative estimate of drug-likeness (QED) is 0.671. The fraction of sp³-hybridized carbons (Fsp3) is 0.364. The molecule has 0 radical (unpaired) electrons. The van der Waals surface area contributed by atoms with Gasteiger partial charge in [0, 0.05) is 13.1 Å². The molecule has 4 atom stereocenters. The van der Waals surface area contributed by atoms with Gasteiger partial charge in [-0.2, -0.15) is 0 Å². The van der Waals surface area contributed by atoms with Crippen LogP contribution in [0, 0.1) is 11.6 Å². The molecule has 2 aromatic rings. The van der Waals surface area contributed by atoms with Crippen LogP contribution in [0.5, 0.6) is 0 Å². The number of hydrogen-bond acceptors (Lipinski definition) is 4. The Labute approximate surface area is 183 Å². The summed E-state index contributed by atoms with van der Waals surface area (Å²) in [5.41, 5.74) is 1.46. The van der Waals surface area contributed by atoms with Crippen LogP contribution in [0.3, 0.4) is 0 Å². The second-order valence-electron chi connectivity index (χ2n) is 7.43. The minimum atomic E-state index is -0.342. The number of rotatable bonds is 5. The summed E-state index contributed by atoms with van der Waals surface area (Å²) in [6, 6.07) is 12.6. The Hall–Kier alpha value is -2.06. The predicted octanol–water partition coefficient (Wildman–Crippen LogP) is 4.59. The molecular formula is C22H22F2N2O2S2. The molecule has 158 valence electrons. The maximum atomic E-state index is 13.7. The molecule has 0 bridgehead atoms. The molecule has 0 spiro atoms. The van der Waals surface area contributed by atoms with E-state index in [4.69, 9.17) is 0 Å². The van der Waals surface area contributed by atoms with Gasteiger partial charge in [0.15, 0.2) is 0 Å². The van der Waals surface area contributed by atoms with Gasteiger partial charge in [-0.1, -0.05) is 24.3 Å². The molecule has 4 nitrogen and oxygen atoms in total. The largest absolute Gasteiger partial charge is 0.324 e. The normalized spacial score (nSPS) is 26.7.